The van der Waals surface area contributed by atoms with Gasteiger partial charge in [0.25, 0.3) is 0 Å². The molecule has 106 valence electrons. The molecule has 2 nitrogen and oxygen atoms in total. The minimum absolute atomic E-state index is 0.172. The topological polar surface area (TPSA) is 35.2 Å². The molecule has 0 saturated heterocycles. The van der Waals surface area contributed by atoms with Crippen LogP contribution in [-0.2, 0) is 12.8 Å². The van der Waals surface area contributed by atoms with Gasteiger partial charge in [-0.1, -0.05) is 18.2 Å². The molecule has 5 heteroatoms. The quantitative estimate of drug-likeness (QED) is 0.857. The third kappa shape index (κ3) is 3.44. The summed E-state index contributed by atoms with van der Waals surface area (Å²) in [7, 11) is 0. The first-order valence-electron chi connectivity index (χ1n) is 6.01. The van der Waals surface area contributed by atoms with Crippen LogP contribution >= 0.6 is 0 Å². The summed E-state index contributed by atoms with van der Waals surface area (Å²) in [6.45, 7) is 2.05. The van der Waals surface area contributed by atoms with Crippen LogP contribution in [0.4, 0.5) is 18.9 Å². The average molecular weight is 281 g/mol. The maximum absolute atomic E-state index is 12.6. The Morgan fingerprint density at radius 1 is 1.10 bits per heavy atom. The first kappa shape index (κ1) is 14.2. The number of hydrogen-bond donors (Lipinski definition) is 1. The predicted molar refractivity (Wildman–Crippen MR) is 71.4 cm³/mol. The van der Waals surface area contributed by atoms with E-state index in [0.717, 1.165) is 23.3 Å². The van der Waals surface area contributed by atoms with E-state index in [9.17, 15) is 13.2 Å². The lowest BCUT2D eigenvalue weighted by molar-refractivity contribution is -0.137. The van der Waals surface area contributed by atoms with E-state index < -0.39 is 11.7 Å². The maximum Gasteiger partial charge on any atom is 0.416 e. The second-order valence-corrected chi connectivity index (χ2v) is 4.51. The monoisotopic (exact) mass is 281 g/mol. The van der Waals surface area contributed by atoms with Gasteiger partial charge < -0.3 is 10.5 Å². The van der Waals surface area contributed by atoms with Gasteiger partial charge in [-0.05, 0) is 42.3 Å². The van der Waals surface area contributed by atoms with Crippen molar-refractivity contribution in [1.82, 2.24) is 0 Å². The fourth-order valence-electron chi connectivity index (χ4n) is 1.71. The Morgan fingerprint density at radius 3 is 2.50 bits per heavy atom. The van der Waals surface area contributed by atoms with Crippen molar-refractivity contribution in [3.63, 3.8) is 0 Å². The highest BCUT2D eigenvalue weighted by Crippen LogP contribution is 2.31. The summed E-state index contributed by atoms with van der Waals surface area (Å²) in [5.74, 6) is 0.180. The molecule has 0 radical (unpaired) electrons. The highest BCUT2D eigenvalue weighted by atomic mass is 19.4. The number of benzene rings is 2. The van der Waals surface area contributed by atoms with Crippen LogP contribution < -0.4 is 10.5 Å². The first-order valence-corrected chi connectivity index (χ1v) is 6.01. The third-order valence-corrected chi connectivity index (χ3v) is 2.91. The molecule has 2 aromatic rings. The van der Waals surface area contributed by atoms with Gasteiger partial charge in [0.15, 0.2) is 0 Å². The molecular formula is C15H14F3NO. The molecule has 0 amide bonds. The van der Waals surface area contributed by atoms with Gasteiger partial charge in [-0.2, -0.15) is 13.2 Å². The number of hydrogen-bond acceptors (Lipinski definition) is 2. The number of aryl methyl sites for hydroxylation is 1. The fourth-order valence-corrected chi connectivity index (χ4v) is 1.71. The highest BCUT2D eigenvalue weighted by Gasteiger charge is 2.30. The zero-order valence-electron chi connectivity index (χ0n) is 10.9. The Bertz CT molecular complexity index is 608. The van der Waals surface area contributed by atoms with Gasteiger partial charge >= 0.3 is 6.18 Å². The van der Waals surface area contributed by atoms with Crippen molar-refractivity contribution in [2.45, 2.75) is 19.7 Å². The van der Waals surface area contributed by atoms with Crippen LogP contribution in [0.1, 0.15) is 16.7 Å². The molecule has 0 spiro atoms. The summed E-state index contributed by atoms with van der Waals surface area (Å²) in [4.78, 5) is 0. The Balaban J connectivity index is 2.09. The molecule has 20 heavy (non-hydrogen) atoms. The van der Waals surface area contributed by atoms with E-state index in [2.05, 4.69) is 0 Å². The number of halogens is 3. The second-order valence-electron chi connectivity index (χ2n) is 4.51. The SMILES string of the molecule is Cc1ccc(COc2cccc(C(F)(F)F)c2)cc1N. The van der Waals surface area contributed by atoms with Crippen molar-refractivity contribution in [3.8, 4) is 5.75 Å². The molecular weight excluding hydrogens is 267 g/mol. The van der Waals surface area contributed by atoms with Gasteiger partial charge in [-0.25, -0.2) is 0 Å². The molecule has 2 rings (SSSR count). The normalized spacial score (nSPS) is 11.4. The minimum Gasteiger partial charge on any atom is -0.489 e. The van der Waals surface area contributed by atoms with Crippen LogP contribution in [0.5, 0.6) is 5.75 Å². The highest BCUT2D eigenvalue weighted by molar-refractivity contribution is 5.48. The van der Waals surface area contributed by atoms with E-state index in [-0.39, 0.29) is 12.4 Å². The van der Waals surface area contributed by atoms with Gasteiger partial charge in [-0.15, -0.1) is 0 Å². The minimum atomic E-state index is -4.37. The van der Waals surface area contributed by atoms with Gasteiger partial charge in [0.2, 0.25) is 0 Å². The van der Waals surface area contributed by atoms with Crippen molar-refractivity contribution in [2.75, 3.05) is 5.73 Å². The van der Waals surface area contributed by atoms with E-state index >= 15 is 0 Å². The number of anilines is 1. The van der Waals surface area contributed by atoms with Crippen molar-refractivity contribution in [3.05, 3.63) is 59.2 Å². The van der Waals surface area contributed by atoms with E-state index in [1.54, 1.807) is 6.07 Å². The lowest BCUT2D eigenvalue weighted by Gasteiger charge is -2.11. The summed E-state index contributed by atoms with van der Waals surface area (Å²) in [6.07, 6.45) is -4.37. The van der Waals surface area contributed by atoms with Gasteiger partial charge in [0.05, 0.1) is 5.56 Å². The van der Waals surface area contributed by atoms with E-state index in [0.29, 0.717) is 5.69 Å². The Kier molecular flexibility index (Phi) is 3.88. The number of ether oxygens (including phenoxy) is 1. The first-order chi connectivity index (χ1) is 9.36. The zero-order valence-corrected chi connectivity index (χ0v) is 10.9. The molecule has 0 bridgehead atoms. The van der Waals surface area contributed by atoms with Gasteiger partial charge in [-0.3, -0.25) is 0 Å². The number of nitrogen functional groups attached to an aromatic ring is 1. The summed E-state index contributed by atoms with van der Waals surface area (Å²) in [6, 6.07) is 10.2. The standard InChI is InChI=1S/C15H14F3NO/c1-10-5-6-11(7-14(10)19)9-20-13-4-2-3-12(8-13)15(16,17)18/h2-8H,9,19H2,1H3. The molecule has 0 saturated carbocycles. The number of rotatable bonds is 3. The largest absolute Gasteiger partial charge is 0.489 e. The van der Waals surface area contributed by atoms with Crippen LogP contribution in [0, 0.1) is 6.92 Å². The molecule has 2 aromatic carbocycles. The molecule has 0 unspecified atom stereocenters. The summed E-state index contributed by atoms with van der Waals surface area (Å²) in [5, 5.41) is 0. The zero-order chi connectivity index (χ0) is 14.8. The van der Waals surface area contributed by atoms with Crippen molar-refractivity contribution >= 4 is 5.69 Å². The van der Waals surface area contributed by atoms with Crippen LogP contribution in [0.3, 0.4) is 0 Å². The molecule has 0 aliphatic rings. The van der Waals surface area contributed by atoms with Crippen LogP contribution in [0.25, 0.3) is 0 Å². The molecule has 0 atom stereocenters. The second kappa shape index (κ2) is 5.45. The third-order valence-electron chi connectivity index (χ3n) is 2.91. The van der Waals surface area contributed by atoms with E-state index in [1.165, 1.54) is 12.1 Å². The predicted octanol–water partition coefficient (Wildman–Crippen LogP) is 4.18. The molecule has 0 aliphatic heterocycles. The Hall–Kier alpha value is -2.17. The lowest BCUT2D eigenvalue weighted by Crippen LogP contribution is -2.05. The van der Waals surface area contributed by atoms with Crippen molar-refractivity contribution in [1.29, 1.82) is 0 Å². The van der Waals surface area contributed by atoms with Gasteiger partial charge in [0, 0.05) is 5.69 Å². The van der Waals surface area contributed by atoms with Crippen LogP contribution in [0.15, 0.2) is 42.5 Å². The summed E-state index contributed by atoms with van der Waals surface area (Å²) >= 11 is 0. The summed E-state index contributed by atoms with van der Waals surface area (Å²) < 4.78 is 43.0. The Morgan fingerprint density at radius 2 is 1.85 bits per heavy atom. The van der Waals surface area contributed by atoms with Crippen LogP contribution in [0.2, 0.25) is 0 Å². The van der Waals surface area contributed by atoms with Crippen molar-refractivity contribution < 1.29 is 17.9 Å². The molecule has 0 aromatic heterocycles. The van der Waals surface area contributed by atoms with E-state index in [1.807, 2.05) is 19.1 Å². The van der Waals surface area contributed by atoms with E-state index in [4.69, 9.17) is 10.5 Å². The Labute approximate surface area is 115 Å². The maximum atomic E-state index is 12.6. The molecule has 0 aliphatic carbocycles. The van der Waals surface area contributed by atoms with Gasteiger partial charge in [0.1, 0.15) is 12.4 Å². The molecule has 0 fully saturated rings. The fraction of sp³-hybridized carbons (Fsp3) is 0.200. The number of nitrogens with two attached hydrogens (primary N) is 1. The smallest absolute Gasteiger partial charge is 0.416 e. The average Bonchev–Trinajstić information content (AvgIpc) is 2.39. The number of alkyl halides is 3. The molecule has 2 N–H and O–H groups in total. The lowest BCUT2D eigenvalue weighted by atomic mass is 10.1. The molecule has 0 heterocycles. The summed E-state index contributed by atoms with van der Waals surface area (Å²) in [5.41, 5.74) is 7.44. The van der Waals surface area contributed by atoms with Crippen LogP contribution in [-0.4, -0.2) is 0 Å². The van der Waals surface area contributed by atoms with Crippen molar-refractivity contribution in [2.24, 2.45) is 0 Å².